The summed E-state index contributed by atoms with van der Waals surface area (Å²) in [6.45, 7) is 54.5. The summed E-state index contributed by atoms with van der Waals surface area (Å²) in [7, 11) is 0. The SMILES string of the molecule is CC(C)(C)C1CCNc2ccccc21.CC(C)(C)C1CCc2ccccc2N1.CC(C)(C)C1CNc2ccccc2C1.CC(C)(C)C1Cc2ccccc2CN1.CC(C)(C)N1C=Cc2ccccc2C1.CC(C)(C)N1CCc2ccccc2C1.CC(C)(C)c1ccc2ccccc2n1. The molecule has 4 N–H and O–H groups in total. The van der Waals surface area contributed by atoms with Gasteiger partial charge in [-0.05, 0) is 200 Å². The Balaban J connectivity index is 0.000000146. The molecule has 1 aromatic heterocycles. The number of benzene rings is 7. The molecule has 4 atom stereocenters. The molecule has 8 aromatic rings. The van der Waals surface area contributed by atoms with E-state index >= 15 is 0 Å². The van der Waals surface area contributed by atoms with Crippen LogP contribution in [-0.4, -0.2) is 57.6 Å². The molecule has 7 aromatic carbocycles. The molecule has 7 nitrogen and oxygen atoms in total. The Labute approximate surface area is 595 Å². The molecule has 0 fully saturated rings. The Morgan fingerprint density at radius 3 is 1.61 bits per heavy atom. The Bertz CT molecular complexity index is 3550. The lowest BCUT2D eigenvalue weighted by Gasteiger charge is -2.39. The summed E-state index contributed by atoms with van der Waals surface area (Å²) in [4.78, 5) is 9.57. The first-order valence-electron chi connectivity index (χ1n) is 37.0. The van der Waals surface area contributed by atoms with E-state index in [1.807, 2.05) is 12.1 Å². The Hall–Kier alpha value is -7.19. The highest BCUT2D eigenvalue weighted by Gasteiger charge is 2.33. The van der Waals surface area contributed by atoms with Crippen molar-refractivity contribution in [2.45, 2.75) is 238 Å². The van der Waals surface area contributed by atoms with Crippen molar-refractivity contribution in [1.29, 1.82) is 0 Å². The molecule has 0 bridgehead atoms. The molecular weight excluding hydrogens is 1190 g/mol. The van der Waals surface area contributed by atoms with Gasteiger partial charge in [-0.3, -0.25) is 9.88 Å². The minimum atomic E-state index is 0.129. The number of anilines is 3. The number of para-hydroxylation sites is 4. The van der Waals surface area contributed by atoms with Gasteiger partial charge in [0.15, 0.2) is 0 Å². The molecule has 4 unspecified atom stereocenters. The van der Waals surface area contributed by atoms with Gasteiger partial charge in [0.25, 0.3) is 0 Å². The van der Waals surface area contributed by atoms with Gasteiger partial charge < -0.3 is 26.2 Å². The van der Waals surface area contributed by atoms with Crippen LogP contribution in [0.3, 0.4) is 0 Å². The highest BCUT2D eigenvalue weighted by molar-refractivity contribution is 5.78. The van der Waals surface area contributed by atoms with E-state index in [2.05, 4.69) is 364 Å². The van der Waals surface area contributed by atoms with Crippen LogP contribution >= 0.6 is 0 Å². The lowest BCUT2D eigenvalue weighted by molar-refractivity contribution is 0.121. The largest absolute Gasteiger partial charge is 0.385 e. The van der Waals surface area contributed by atoms with E-state index in [1.54, 1.807) is 0 Å². The zero-order valence-electron chi connectivity index (χ0n) is 64.6. The summed E-state index contributed by atoms with van der Waals surface area (Å²) in [5.41, 5.74) is 21.6. The molecule has 7 heterocycles. The third kappa shape index (κ3) is 22.2. The van der Waals surface area contributed by atoms with E-state index in [0.29, 0.717) is 45.2 Å². The van der Waals surface area contributed by atoms with Gasteiger partial charge in [-0.1, -0.05) is 256 Å². The molecule has 0 spiro atoms. The molecule has 7 heteroatoms. The second kappa shape index (κ2) is 32.9. The second-order valence-electron chi connectivity index (χ2n) is 35.6. The fourth-order valence-corrected chi connectivity index (χ4v) is 13.8. The van der Waals surface area contributed by atoms with Crippen LogP contribution in [0.2, 0.25) is 0 Å². The number of aryl methyl sites for hydroxylation is 1. The fourth-order valence-electron chi connectivity index (χ4n) is 13.8. The smallest absolute Gasteiger partial charge is 0.0705 e. The summed E-state index contributed by atoms with van der Waals surface area (Å²) in [6, 6.07) is 65.8. The van der Waals surface area contributed by atoms with Gasteiger partial charge in [0.2, 0.25) is 0 Å². The molecule has 98 heavy (non-hydrogen) atoms. The normalized spacial score (nSPS) is 18.7. The van der Waals surface area contributed by atoms with E-state index in [1.165, 1.54) is 118 Å². The van der Waals surface area contributed by atoms with Gasteiger partial charge in [-0.15, -0.1) is 0 Å². The van der Waals surface area contributed by atoms with Crippen molar-refractivity contribution in [3.05, 3.63) is 244 Å². The van der Waals surface area contributed by atoms with Crippen molar-refractivity contribution < 1.29 is 0 Å². The number of nitrogens with one attached hydrogen (secondary N) is 4. The molecule has 6 aliphatic rings. The van der Waals surface area contributed by atoms with E-state index in [0.717, 1.165) is 49.9 Å². The van der Waals surface area contributed by atoms with Crippen LogP contribution in [0.15, 0.2) is 188 Å². The van der Waals surface area contributed by atoms with Gasteiger partial charge in [0.1, 0.15) is 0 Å². The van der Waals surface area contributed by atoms with E-state index in [-0.39, 0.29) is 11.0 Å². The first kappa shape index (κ1) is 76.6. The molecule has 6 aliphatic heterocycles. The molecule has 0 aliphatic carbocycles. The first-order valence-corrected chi connectivity index (χ1v) is 37.0. The topological polar surface area (TPSA) is 67.5 Å². The minimum Gasteiger partial charge on any atom is -0.385 e. The standard InChI is InChI=1S/3C13H19N.C13H17N.2C13H19N.C13H15N/c1-13(2,3)11-8-10-6-4-5-7-12(10)14-9-11;1-13(2,3)12-8-10-6-4-5-7-11(10)9-14-12;2*1-13(2,3)14-9-8-11-6-4-5-7-12(11)10-14;1-13(2,3)11-8-9-14-12-7-5-4-6-10(11)12;2*1-13(2,3)12-9-8-10-6-4-5-7-11(10)14-12/h4-7,11,14H,8-9H2,1-3H3;4-7,12,14H,8-9H2,1-3H3;4-7H,8-10H2,1-3H3;4-9H,10H2,1-3H3;4-7,11,14H,8-9H2,1-3H3;4-7,12,14H,8-9H2,1-3H3;4-9H,1-3H3. The maximum atomic E-state index is 4.65. The predicted octanol–water partition coefficient (Wildman–Crippen LogP) is 22.8. The maximum Gasteiger partial charge on any atom is 0.0705 e. The molecular formula is C91H127N7. The van der Waals surface area contributed by atoms with E-state index in [9.17, 15) is 0 Å². The summed E-state index contributed by atoms with van der Waals surface area (Å²) < 4.78 is 0. The van der Waals surface area contributed by atoms with Crippen LogP contribution < -0.4 is 21.3 Å². The van der Waals surface area contributed by atoms with Gasteiger partial charge in [0, 0.05) is 102 Å². The van der Waals surface area contributed by atoms with Crippen molar-refractivity contribution >= 4 is 34.0 Å². The van der Waals surface area contributed by atoms with Gasteiger partial charge in [0.05, 0.1) is 5.52 Å². The lowest BCUT2D eigenvalue weighted by Crippen LogP contribution is -2.44. The van der Waals surface area contributed by atoms with Crippen LogP contribution in [0.25, 0.3) is 17.0 Å². The average Bonchev–Trinajstić information content (AvgIpc) is 0.522. The molecule has 14 rings (SSSR count). The highest BCUT2D eigenvalue weighted by Crippen LogP contribution is 2.43. The fraction of sp³-hybridized carbons (Fsp3) is 0.484. The van der Waals surface area contributed by atoms with Crippen molar-refractivity contribution in [1.82, 2.24) is 20.1 Å². The average molecular weight is 1320 g/mol. The number of nitrogens with zero attached hydrogens (tertiary/aromatic N) is 3. The quantitative estimate of drug-likeness (QED) is 0.121. The van der Waals surface area contributed by atoms with Crippen LogP contribution in [0, 0.1) is 27.6 Å². The predicted molar refractivity (Wildman–Crippen MR) is 427 cm³/mol. The third-order valence-electron chi connectivity index (χ3n) is 20.7. The van der Waals surface area contributed by atoms with Crippen molar-refractivity contribution in [3.63, 3.8) is 0 Å². The Morgan fingerprint density at radius 1 is 0.418 bits per heavy atom. The number of hydrogen-bond acceptors (Lipinski definition) is 7. The summed E-state index contributed by atoms with van der Waals surface area (Å²) in [6.07, 6.45) is 11.7. The Kier molecular flexibility index (Phi) is 25.7. The monoisotopic (exact) mass is 1320 g/mol. The molecule has 0 amide bonds. The first-order chi connectivity index (χ1) is 46.0. The van der Waals surface area contributed by atoms with Gasteiger partial charge in [-0.25, -0.2) is 0 Å². The summed E-state index contributed by atoms with van der Waals surface area (Å²) in [5.74, 6) is 1.44. The zero-order valence-corrected chi connectivity index (χ0v) is 64.6. The third-order valence-corrected chi connectivity index (χ3v) is 20.7. The second-order valence-corrected chi connectivity index (χ2v) is 35.6. The summed E-state index contributed by atoms with van der Waals surface area (Å²) in [5, 5.41) is 15.4. The lowest BCUT2D eigenvalue weighted by atomic mass is 9.73. The summed E-state index contributed by atoms with van der Waals surface area (Å²) >= 11 is 0. The molecule has 0 radical (unpaired) electrons. The molecule has 526 valence electrons. The van der Waals surface area contributed by atoms with Gasteiger partial charge >= 0.3 is 0 Å². The minimum absolute atomic E-state index is 0.129. The number of aromatic nitrogens is 1. The van der Waals surface area contributed by atoms with Crippen LogP contribution in [0.5, 0.6) is 0 Å². The van der Waals surface area contributed by atoms with Crippen molar-refractivity contribution in [2.24, 2.45) is 27.6 Å². The maximum absolute atomic E-state index is 4.65. The van der Waals surface area contributed by atoms with Crippen LogP contribution in [-0.2, 0) is 50.7 Å². The Morgan fingerprint density at radius 2 is 0.980 bits per heavy atom. The van der Waals surface area contributed by atoms with Crippen LogP contribution in [0.1, 0.15) is 220 Å². The zero-order chi connectivity index (χ0) is 71.3. The number of hydrogen-bond donors (Lipinski definition) is 4. The van der Waals surface area contributed by atoms with E-state index < -0.39 is 0 Å². The molecule has 0 saturated carbocycles. The van der Waals surface area contributed by atoms with Crippen LogP contribution in [0.4, 0.5) is 17.1 Å². The number of pyridine rings is 1. The van der Waals surface area contributed by atoms with Gasteiger partial charge in [-0.2, -0.15) is 0 Å². The highest BCUT2D eigenvalue weighted by atomic mass is 15.2. The number of fused-ring (bicyclic) bond motifs is 7. The molecule has 0 saturated heterocycles. The van der Waals surface area contributed by atoms with Crippen molar-refractivity contribution in [2.75, 3.05) is 35.6 Å². The number of rotatable bonds is 0. The van der Waals surface area contributed by atoms with Crippen molar-refractivity contribution in [3.8, 4) is 0 Å². The van der Waals surface area contributed by atoms with E-state index in [4.69, 9.17) is 0 Å².